The van der Waals surface area contributed by atoms with Crippen molar-refractivity contribution in [2.75, 3.05) is 0 Å². The largest absolute Gasteiger partial charge is 0.285 e. The number of hydrogen-bond acceptors (Lipinski definition) is 3. The second-order valence-corrected chi connectivity index (χ2v) is 3.90. The van der Waals surface area contributed by atoms with Crippen LogP contribution in [0.3, 0.4) is 0 Å². The molecule has 1 aromatic rings. The Balaban J connectivity index is 2.90. The van der Waals surface area contributed by atoms with Gasteiger partial charge in [0.2, 0.25) is 0 Å². The third-order valence-corrected chi connectivity index (χ3v) is 2.21. The molecule has 0 unspecified atom stereocenters. The van der Waals surface area contributed by atoms with Crippen LogP contribution in [0.25, 0.3) is 6.08 Å². The van der Waals surface area contributed by atoms with E-state index in [-0.39, 0.29) is 0 Å². The third kappa shape index (κ3) is 3.35. The van der Waals surface area contributed by atoms with Crippen LogP contribution in [-0.4, -0.2) is 14.5 Å². The van der Waals surface area contributed by atoms with Gasteiger partial charge in [-0.15, -0.1) is 0 Å². The summed E-state index contributed by atoms with van der Waals surface area (Å²) in [5.74, 6) is 0. The van der Waals surface area contributed by atoms with E-state index < -0.39 is 10.0 Å². The van der Waals surface area contributed by atoms with Crippen molar-refractivity contribution in [2.24, 2.45) is 4.40 Å². The normalized spacial score (nSPS) is 11.1. The standard InChI is InChI=1S/C9H7NO3S/c11-8-10-14(12,13)7-6-9-4-2-1-3-5-9/h1-7H. The molecular formula is C9H7NO3S. The maximum Gasteiger partial charge on any atom is 0.285 e. The highest BCUT2D eigenvalue weighted by Crippen LogP contribution is 2.03. The highest BCUT2D eigenvalue weighted by Gasteiger charge is 1.99. The van der Waals surface area contributed by atoms with Crippen LogP contribution < -0.4 is 0 Å². The molecule has 0 amide bonds. The van der Waals surface area contributed by atoms with Crippen molar-refractivity contribution in [3.05, 3.63) is 41.3 Å². The van der Waals surface area contributed by atoms with Gasteiger partial charge >= 0.3 is 0 Å². The molecule has 0 bridgehead atoms. The number of rotatable bonds is 3. The summed E-state index contributed by atoms with van der Waals surface area (Å²) in [4.78, 5) is 9.73. The zero-order valence-electron chi connectivity index (χ0n) is 7.12. The van der Waals surface area contributed by atoms with Gasteiger partial charge in [0.15, 0.2) is 0 Å². The van der Waals surface area contributed by atoms with Crippen molar-refractivity contribution in [3.63, 3.8) is 0 Å². The Labute approximate surface area is 81.7 Å². The molecule has 0 spiro atoms. The van der Waals surface area contributed by atoms with E-state index in [2.05, 4.69) is 4.40 Å². The zero-order chi connectivity index (χ0) is 10.4. The van der Waals surface area contributed by atoms with E-state index >= 15 is 0 Å². The van der Waals surface area contributed by atoms with Crippen LogP contribution in [0.15, 0.2) is 40.1 Å². The minimum Gasteiger partial charge on any atom is -0.210 e. The monoisotopic (exact) mass is 209 g/mol. The molecule has 0 fully saturated rings. The van der Waals surface area contributed by atoms with Gasteiger partial charge in [-0.05, 0) is 11.6 Å². The van der Waals surface area contributed by atoms with Gasteiger partial charge in [-0.25, -0.2) is 4.79 Å². The van der Waals surface area contributed by atoms with Crippen LogP contribution in [0, 0.1) is 0 Å². The summed E-state index contributed by atoms with van der Waals surface area (Å²) in [5.41, 5.74) is 0.720. The molecule has 0 radical (unpaired) electrons. The molecule has 1 aromatic carbocycles. The van der Waals surface area contributed by atoms with Gasteiger partial charge in [-0.3, -0.25) is 0 Å². The Morgan fingerprint density at radius 3 is 2.43 bits per heavy atom. The maximum absolute atomic E-state index is 10.9. The minimum absolute atomic E-state index is 0.720. The first-order chi connectivity index (χ1) is 6.64. The second kappa shape index (κ2) is 4.50. The zero-order valence-corrected chi connectivity index (χ0v) is 7.94. The van der Waals surface area contributed by atoms with Gasteiger partial charge in [-0.2, -0.15) is 8.42 Å². The van der Waals surface area contributed by atoms with E-state index in [0.717, 1.165) is 17.1 Å². The molecule has 0 N–H and O–H groups in total. The molecule has 0 aliphatic heterocycles. The average Bonchev–Trinajstić information content (AvgIpc) is 2.17. The van der Waals surface area contributed by atoms with E-state index in [9.17, 15) is 13.2 Å². The fourth-order valence-electron chi connectivity index (χ4n) is 0.811. The smallest absolute Gasteiger partial charge is 0.210 e. The summed E-state index contributed by atoms with van der Waals surface area (Å²) in [6, 6.07) is 8.83. The summed E-state index contributed by atoms with van der Waals surface area (Å²) >= 11 is 0. The Morgan fingerprint density at radius 1 is 1.21 bits per heavy atom. The highest BCUT2D eigenvalue weighted by molar-refractivity contribution is 7.93. The lowest BCUT2D eigenvalue weighted by atomic mass is 10.2. The van der Waals surface area contributed by atoms with Crippen LogP contribution in [0.5, 0.6) is 0 Å². The van der Waals surface area contributed by atoms with Gasteiger partial charge in [-0.1, -0.05) is 34.7 Å². The van der Waals surface area contributed by atoms with Crippen LogP contribution in [-0.2, 0) is 14.8 Å². The van der Waals surface area contributed by atoms with Crippen LogP contribution in [0.2, 0.25) is 0 Å². The summed E-state index contributed by atoms with van der Waals surface area (Å²) in [6.07, 6.45) is 2.34. The van der Waals surface area contributed by atoms with Crippen LogP contribution in [0.4, 0.5) is 0 Å². The summed E-state index contributed by atoms with van der Waals surface area (Å²) in [6.45, 7) is 0. The topological polar surface area (TPSA) is 63.6 Å². The van der Waals surface area contributed by atoms with Crippen LogP contribution >= 0.6 is 0 Å². The number of hydrogen-bond donors (Lipinski definition) is 0. The van der Waals surface area contributed by atoms with Gasteiger partial charge in [0.05, 0.1) is 5.41 Å². The first-order valence-corrected chi connectivity index (χ1v) is 5.22. The lowest BCUT2D eigenvalue weighted by molar-refractivity contribution is 0.564. The Morgan fingerprint density at radius 2 is 1.86 bits per heavy atom. The summed E-state index contributed by atoms with van der Waals surface area (Å²) < 4.78 is 24.4. The predicted octanol–water partition coefficient (Wildman–Crippen LogP) is 1.32. The molecule has 72 valence electrons. The summed E-state index contributed by atoms with van der Waals surface area (Å²) in [7, 11) is -3.81. The average molecular weight is 209 g/mol. The van der Waals surface area contributed by atoms with Crippen molar-refractivity contribution >= 4 is 22.2 Å². The fourth-order valence-corrected chi connectivity index (χ4v) is 1.30. The van der Waals surface area contributed by atoms with E-state index in [1.807, 2.05) is 6.07 Å². The molecule has 1 rings (SSSR count). The van der Waals surface area contributed by atoms with Crippen molar-refractivity contribution in [1.82, 2.24) is 0 Å². The molecule has 14 heavy (non-hydrogen) atoms. The Kier molecular flexibility index (Phi) is 3.34. The van der Waals surface area contributed by atoms with E-state index in [0.29, 0.717) is 0 Å². The first-order valence-electron chi connectivity index (χ1n) is 3.71. The maximum atomic E-state index is 10.9. The lowest BCUT2D eigenvalue weighted by Gasteiger charge is -1.89. The van der Waals surface area contributed by atoms with E-state index in [1.165, 1.54) is 6.08 Å². The molecule has 0 aliphatic carbocycles. The minimum atomic E-state index is -3.81. The number of isocyanates is 1. The lowest BCUT2D eigenvalue weighted by Crippen LogP contribution is -1.87. The highest BCUT2D eigenvalue weighted by atomic mass is 32.2. The van der Waals surface area contributed by atoms with Gasteiger partial charge in [0, 0.05) is 0 Å². The predicted molar refractivity (Wildman–Crippen MR) is 52.5 cm³/mol. The molecule has 0 atom stereocenters. The molecule has 0 aliphatic rings. The van der Waals surface area contributed by atoms with Crippen molar-refractivity contribution in [3.8, 4) is 0 Å². The second-order valence-electron chi connectivity index (χ2n) is 2.41. The quantitative estimate of drug-likeness (QED) is 0.557. The molecule has 0 aromatic heterocycles. The van der Waals surface area contributed by atoms with Crippen molar-refractivity contribution in [2.45, 2.75) is 0 Å². The molecule has 4 nitrogen and oxygen atoms in total. The Bertz CT molecular complexity index is 470. The Hall–Kier alpha value is -1.71. The van der Waals surface area contributed by atoms with Gasteiger partial charge in [0.25, 0.3) is 16.1 Å². The summed E-state index contributed by atoms with van der Waals surface area (Å²) in [5, 5.41) is 0.854. The fraction of sp³-hybridized carbons (Fsp3) is 0. The molecule has 0 saturated carbocycles. The third-order valence-electron chi connectivity index (χ3n) is 1.40. The number of benzene rings is 1. The van der Waals surface area contributed by atoms with Crippen molar-refractivity contribution < 1.29 is 13.2 Å². The van der Waals surface area contributed by atoms with E-state index in [4.69, 9.17) is 0 Å². The number of sulfonamides is 1. The SMILES string of the molecule is O=C=NS(=O)(=O)C=Cc1ccccc1. The number of nitrogens with zero attached hydrogens (tertiary/aromatic N) is 1. The van der Waals surface area contributed by atoms with Gasteiger partial charge < -0.3 is 0 Å². The molecular weight excluding hydrogens is 202 g/mol. The molecule has 5 heteroatoms. The molecule has 0 heterocycles. The van der Waals surface area contributed by atoms with Crippen molar-refractivity contribution in [1.29, 1.82) is 0 Å². The first kappa shape index (κ1) is 10.4. The number of carbonyl (C=O) groups excluding carboxylic acids is 1. The van der Waals surface area contributed by atoms with Crippen LogP contribution in [0.1, 0.15) is 5.56 Å². The molecule has 0 saturated heterocycles. The van der Waals surface area contributed by atoms with E-state index in [1.54, 1.807) is 24.3 Å². The van der Waals surface area contributed by atoms with Gasteiger partial charge in [0.1, 0.15) is 0 Å².